The number of aromatic nitrogens is 3. The summed E-state index contributed by atoms with van der Waals surface area (Å²) in [6.07, 6.45) is 3.13. The van der Waals surface area contributed by atoms with E-state index in [1.54, 1.807) is 36.8 Å². The van der Waals surface area contributed by atoms with Gasteiger partial charge in [0, 0.05) is 13.1 Å². The van der Waals surface area contributed by atoms with Gasteiger partial charge in [-0.2, -0.15) is 0 Å². The Labute approximate surface area is 194 Å². The molecule has 0 bridgehead atoms. The Morgan fingerprint density at radius 3 is 2.39 bits per heavy atom. The summed E-state index contributed by atoms with van der Waals surface area (Å²) in [4.78, 5) is 19.5. The van der Waals surface area contributed by atoms with Crippen LogP contribution in [0.5, 0.6) is 0 Å². The summed E-state index contributed by atoms with van der Waals surface area (Å²) in [5, 5.41) is 11.8. The molecule has 168 valence electrons. The van der Waals surface area contributed by atoms with Gasteiger partial charge in [-0.05, 0) is 36.4 Å². The van der Waals surface area contributed by atoms with Crippen LogP contribution in [0.4, 0.5) is 11.4 Å². The fourth-order valence-electron chi connectivity index (χ4n) is 3.51. The number of furan rings is 2. The summed E-state index contributed by atoms with van der Waals surface area (Å²) in [5.41, 5.74) is 2.74. The van der Waals surface area contributed by atoms with Crippen molar-refractivity contribution in [2.45, 2.75) is 5.16 Å². The number of carbonyl (C=O) groups excluding carboxylic acids is 1. The molecule has 1 aliphatic heterocycles. The number of hydrogen-bond acceptors (Lipinski definition) is 9. The third-order valence-corrected chi connectivity index (χ3v) is 5.88. The molecule has 4 aromatic rings. The lowest BCUT2D eigenvalue weighted by Crippen LogP contribution is -2.36. The number of thioether (sulfide) groups is 1. The lowest BCUT2D eigenvalue weighted by molar-refractivity contribution is -0.113. The Morgan fingerprint density at radius 1 is 0.939 bits per heavy atom. The van der Waals surface area contributed by atoms with E-state index in [4.69, 9.17) is 13.6 Å². The van der Waals surface area contributed by atoms with Crippen molar-refractivity contribution in [3.8, 4) is 22.9 Å². The standard InChI is InChI=1S/C23H21N5O4S/c29-20(24-16-5-1-2-6-17(16)28-9-13-30-14-10-28)15-33-23-25-21(18-7-3-11-31-18)22(26-27-23)19-8-4-12-32-19/h1-8,11-12H,9-10,13-15H2,(H,24,29). The van der Waals surface area contributed by atoms with E-state index in [-0.39, 0.29) is 11.7 Å². The summed E-state index contributed by atoms with van der Waals surface area (Å²) >= 11 is 1.20. The van der Waals surface area contributed by atoms with Crippen molar-refractivity contribution in [2.24, 2.45) is 0 Å². The van der Waals surface area contributed by atoms with Crippen molar-refractivity contribution in [2.75, 3.05) is 42.3 Å². The first-order chi connectivity index (χ1) is 16.3. The number of para-hydroxylation sites is 2. The number of hydrogen-bond donors (Lipinski definition) is 1. The smallest absolute Gasteiger partial charge is 0.234 e. The molecule has 10 heteroatoms. The van der Waals surface area contributed by atoms with Crippen molar-refractivity contribution in [3.05, 3.63) is 61.1 Å². The van der Waals surface area contributed by atoms with Crippen LogP contribution in [0.15, 0.2) is 75.0 Å². The lowest BCUT2D eigenvalue weighted by atomic mass is 10.2. The van der Waals surface area contributed by atoms with E-state index in [1.807, 2.05) is 24.3 Å². The SMILES string of the molecule is O=C(CSc1nnc(-c2ccco2)c(-c2ccco2)n1)Nc1ccccc1N1CCOCC1. The van der Waals surface area contributed by atoms with Crippen LogP contribution in [0.2, 0.25) is 0 Å². The molecule has 4 heterocycles. The highest BCUT2D eigenvalue weighted by molar-refractivity contribution is 7.99. The van der Waals surface area contributed by atoms with Gasteiger partial charge in [-0.1, -0.05) is 23.9 Å². The van der Waals surface area contributed by atoms with Gasteiger partial charge in [0.2, 0.25) is 11.1 Å². The molecule has 0 radical (unpaired) electrons. The maximum absolute atomic E-state index is 12.7. The molecule has 33 heavy (non-hydrogen) atoms. The largest absolute Gasteiger partial charge is 0.463 e. The van der Waals surface area contributed by atoms with Crippen LogP contribution in [-0.4, -0.2) is 53.1 Å². The molecule has 3 aromatic heterocycles. The lowest BCUT2D eigenvalue weighted by Gasteiger charge is -2.30. The molecule has 1 amide bonds. The molecule has 1 fully saturated rings. The second-order valence-corrected chi connectivity index (χ2v) is 8.14. The Kier molecular flexibility index (Phi) is 6.36. The number of ether oxygens (including phenoxy) is 1. The van der Waals surface area contributed by atoms with Crippen LogP contribution in [-0.2, 0) is 9.53 Å². The van der Waals surface area contributed by atoms with Crippen LogP contribution in [0.3, 0.4) is 0 Å². The maximum atomic E-state index is 12.7. The van der Waals surface area contributed by atoms with Gasteiger partial charge in [0.15, 0.2) is 17.2 Å². The van der Waals surface area contributed by atoms with Gasteiger partial charge in [0.25, 0.3) is 0 Å². The highest BCUT2D eigenvalue weighted by Gasteiger charge is 2.19. The quantitative estimate of drug-likeness (QED) is 0.408. The first-order valence-electron chi connectivity index (χ1n) is 10.4. The molecule has 9 nitrogen and oxygen atoms in total. The van der Waals surface area contributed by atoms with E-state index in [9.17, 15) is 4.79 Å². The molecule has 0 unspecified atom stereocenters. The zero-order valence-corrected chi connectivity index (χ0v) is 18.5. The van der Waals surface area contributed by atoms with E-state index < -0.39 is 0 Å². The molecule has 1 aromatic carbocycles. The minimum Gasteiger partial charge on any atom is -0.463 e. The third-order valence-electron chi connectivity index (χ3n) is 5.04. The van der Waals surface area contributed by atoms with Crippen LogP contribution in [0, 0.1) is 0 Å². The number of amides is 1. The molecular weight excluding hydrogens is 442 g/mol. The van der Waals surface area contributed by atoms with E-state index in [0.29, 0.717) is 41.3 Å². The zero-order valence-electron chi connectivity index (χ0n) is 17.6. The fourth-order valence-corrected chi connectivity index (χ4v) is 4.10. The second-order valence-electron chi connectivity index (χ2n) is 7.20. The second kappa shape index (κ2) is 9.88. The van der Waals surface area contributed by atoms with Crippen molar-refractivity contribution in [1.82, 2.24) is 15.2 Å². The normalized spacial score (nSPS) is 13.8. The van der Waals surface area contributed by atoms with Gasteiger partial charge in [-0.3, -0.25) is 4.79 Å². The maximum Gasteiger partial charge on any atom is 0.234 e. The molecular formula is C23H21N5O4S. The number of benzene rings is 1. The Bertz CT molecular complexity index is 1210. The highest BCUT2D eigenvalue weighted by atomic mass is 32.2. The van der Waals surface area contributed by atoms with Crippen molar-refractivity contribution in [1.29, 1.82) is 0 Å². The first-order valence-corrected chi connectivity index (χ1v) is 11.4. The fraction of sp³-hybridized carbons (Fsp3) is 0.217. The number of nitrogens with one attached hydrogen (secondary N) is 1. The van der Waals surface area contributed by atoms with E-state index in [2.05, 4.69) is 25.4 Å². The summed E-state index contributed by atoms with van der Waals surface area (Å²) < 4.78 is 16.4. The molecule has 1 aliphatic rings. The molecule has 0 spiro atoms. The molecule has 5 rings (SSSR count). The number of anilines is 2. The highest BCUT2D eigenvalue weighted by Crippen LogP contribution is 2.31. The molecule has 1 N–H and O–H groups in total. The Morgan fingerprint density at radius 2 is 1.67 bits per heavy atom. The minimum absolute atomic E-state index is 0.136. The van der Waals surface area contributed by atoms with Crippen LogP contribution in [0.25, 0.3) is 22.9 Å². The van der Waals surface area contributed by atoms with Crippen molar-refractivity contribution in [3.63, 3.8) is 0 Å². The van der Waals surface area contributed by atoms with E-state index >= 15 is 0 Å². The van der Waals surface area contributed by atoms with Gasteiger partial charge in [0.1, 0.15) is 5.69 Å². The molecule has 0 atom stereocenters. The average Bonchev–Trinajstić information content (AvgIpc) is 3.58. The van der Waals surface area contributed by atoms with E-state index in [0.717, 1.165) is 24.5 Å². The van der Waals surface area contributed by atoms with Gasteiger partial charge >= 0.3 is 0 Å². The van der Waals surface area contributed by atoms with Crippen LogP contribution < -0.4 is 10.2 Å². The predicted octanol–water partition coefficient (Wildman–Crippen LogP) is 3.96. The van der Waals surface area contributed by atoms with Gasteiger partial charge in [-0.25, -0.2) is 4.98 Å². The summed E-state index contributed by atoms with van der Waals surface area (Å²) in [7, 11) is 0. The van der Waals surface area contributed by atoms with Crippen molar-refractivity contribution >= 4 is 29.0 Å². The number of nitrogens with zero attached hydrogens (tertiary/aromatic N) is 4. The summed E-state index contributed by atoms with van der Waals surface area (Å²) in [6, 6.07) is 14.9. The van der Waals surface area contributed by atoms with Crippen LogP contribution >= 0.6 is 11.8 Å². The molecule has 0 aliphatic carbocycles. The number of morpholine rings is 1. The molecule has 0 saturated carbocycles. The van der Waals surface area contributed by atoms with Gasteiger partial charge in [-0.15, -0.1) is 10.2 Å². The monoisotopic (exact) mass is 463 g/mol. The minimum atomic E-state index is -0.154. The summed E-state index contributed by atoms with van der Waals surface area (Å²) in [6.45, 7) is 2.93. The number of carbonyl (C=O) groups is 1. The molecule has 1 saturated heterocycles. The predicted molar refractivity (Wildman–Crippen MR) is 124 cm³/mol. The topological polar surface area (TPSA) is 107 Å². The zero-order chi connectivity index (χ0) is 22.5. The number of rotatable bonds is 7. The average molecular weight is 464 g/mol. The Balaban J connectivity index is 1.29. The van der Waals surface area contributed by atoms with Gasteiger partial charge in [0.05, 0.1) is 42.9 Å². The Hall–Kier alpha value is -3.63. The first kappa shape index (κ1) is 21.2. The van der Waals surface area contributed by atoms with Crippen molar-refractivity contribution < 1.29 is 18.4 Å². The third kappa shape index (κ3) is 4.91. The van der Waals surface area contributed by atoms with Gasteiger partial charge < -0.3 is 23.8 Å². The summed E-state index contributed by atoms with van der Waals surface area (Å²) in [5.74, 6) is 1.06. The van der Waals surface area contributed by atoms with E-state index in [1.165, 1.54) is 11.8 Å². The van der Waals surface area contributed by atoms with Crippen LogP contribution in [0.1, 0.15) is 0 Å².